The van der Waals surface area contributed by atoms with E-state index in [9.17, 15) is 0 Å². The van der Waals surface area contributed by atoms with E-state index < -0.39 is 0 Å². The highest BCUT2D eigenvalue weighted by atomic mass is 79.9. The Hall–Kier alpha value is -0.610. The molecule has 0 fully saturated rings. The van der Waals surface area contributed by atoms with E-state index in [4.69, 9.17) is 0 Å². The Labute approximate surface area is 95.7 Å². The molecule has 0 radical (unpaired) electrons. The molecule has 0 unspecified atom stereocenters. The smallest absolute Gasteiger partial charge is 0.0738 e. The Kier molecular flexibility index (Phi) is 2.74. The van der Waals surface area contributed by atoms with Crippen LogP contribution in [0.5, 0.6) is 0 Å². The molecule has 0 amide bonds. The fourth-order valence-electron chi connectivity index (χ4n) is 1.38. The van der Waals surface area contributed by atoms with Crippen LogP contribution >= 0.6 is 27.3 Å². The van der Waals surface area contributed by atoms with E-state index >= 15 is 0 Å². The molecule has 0 aliphatic heterocycles. The van der Waals surface area contributed by atoms with Crippen LogP contribution < -0.4 is 0 Å². The Morgan fingerprint density at radius 3 is 2.79 bits per heavy atom. The van der Waals surface area contributed by atoms with Crippen LogP contribution in [-0.2, 0) is 6.54 Å². The fourth-order valence-corrected chi connectivity index (χ4v) is 2.33. The molecule has 2 heterocycles. The normalized spacial score (nSPS) is 10.8. The highest BCUT2D eigenvalue weighted by molar-refractivity contribution is 9.10. The average Bonchev–Trinajstić information content (AvgIpc) is 2.73. The monoisotopic (exact) mass is 270 g/mol. The maximum Gasteiger partial charge on any atom is 0.0738 e. The predicted octanol–water partition coefficient (Wildman–Crippen LogP) is 3.37. The minimum absolute atomic E-state index is 0.863. The van der Waals surface area contributed by atoms with E-state index in [1.165, 1.54) is 11.3 Å². The van der Waals surface area contributed by atoms with Gasteiger partial charge in [-0.3, -0.25) is 4.68 Å². The SMILES string of the molecule is Cc1nn(Cc2ccsc2)c(C)c1Br. The second-order valence-electron chi connectivity index (χ2n) is 3.27. The van der Waals surface area contributed by atoms with Gasteiger partial charge in [0.15, 0.2) is 0 Å². The Bertz CT molecular complexity index is 431. The van der Waals surface area contributed by atoms with Crippen LogP contribution in [0, 0.1) is 13.8 Å². The van der Waals surface area contributed by atoms with Crippen molar-refractivity contribution in [2.24, 2.45) is 0 Å². The summed E-state index contributed by atoms with van der Waals surface area (Å²) in [7, 11) is 0. The molecule has 0 saturated heterocycles. The number of rotatable bonds is 2. The minimum Gasteiger partial charge on any atom is -0.264 e. The van der Waals surface area contributed by atoms with Gasteiger partial charge in [-0.05, 0) is 52.2 Å². The first kappa shape index (κ1) is 9.93. The van der Waals surface area contributed by atoms with Crippen molar-refractivity contribution >= 4 is 27.3 Å². The number of thiophene rings is 1. The summed E-state index contributed by atoms with van der Waals surface area (Å²) in [5, 5.41) is 8.71. The molecule has 2 nitrogen and oxygen atoms in total. The highest BCUT2D eigenvalue weighted by Crippen LogP contribution is 2.20. The largest absolute Gasteiger partial charge is 0.264 e. The quantitative estimate of drug-likeness (QED) is 0.818. The van der Waals surface area contributed by atoms with Gasteiger partial charge in [-0.2, -0.15) is 16.4 Å². The number of hydrogen-bond acceptors (Lipinski definition) is 2. The lowest BCUT2D eigenvalue weighted by atomic mass is 10.3. The molecule has 0 aromatic carbocycles. The van der Waals surface area contributed by atoms with Crippen LogP contribution in [0.3, 0.4) is 0 Å². The van der Waals surface area contributed by atoms with Crippen molar-refractivity contribution in [2.45, 2.75) is 20.4 Å². The molecule has 0 spiro atoms. The van der Waals surface area contributed by atoms with E-state index in [-0.39, 0.29) is 0 Å². The number of aryl methyl sites for hydroxylation is 1. The maximum absolute atomic E-state index is 4.46. The van der Waals surface area contributed by atoms with Gasteiger partial charge in [0.1, 0.15) is 0 Å². The molecule has 0 aliphatic rings. The lowest BCUT2D eigenvalue weighted by molar-refractivity contribution is 0.660. The van der Waals surface area contributed by atoms with Crippen LogP contribution in [0.15, 0.2) is 21.3 Å². The molecule has 74 valence electrons. The molecular weight excluding hydrogens is 260 g/mol. The molecule has 2 aromatic rings. The van der Waals surface area contributed by atoms with Gasteiger partial charge in [0.2, 0.25) is 0 Å². The number of halogens is 1. The fraction of sp³-hybridized carbons (Fsp3) is 0.300. The molecule has 0 bridgehead atoms. The third kappa shape index (κ3) is 1.77. The first-order valence-corrected chi connectivity index (χ1v) is 6.12. The van der Waals surface area contributed by atoms with Gasteiger partial charge in [0, 0.05) is 0 Å². The van der Waals surface area contributed by atoms with Crippen molar-refractivity contribution in [1.82, 2.24) is 9.78 Å². The van der Waals surface area contributed by atoms with E-state index in [2.05, 4.69) is 44.8 Å². The maximum atomic E-state index is 4.46. The summed E-state index contributed by atoms with van der Waals surface area (Å²) < 4.78 is 3.15. The zero-order chi connectivity index (χ0) is 10.1. The summed E-state index contributed by atoms with van der Waals surface area (Å²) >= 11 is 5.25. The minimum atomic E-state index is 0.863. The zero-order valence-electron chi connectivity index (χ0n) is 8.12. The standard InChI is InChI=1S/C10H11BrN2S/c1-7-10(11)8(2)13(12-7)5-9-3-4-14-6-9/h3-4,6H,5H2,1-2H3. The Morgan fingerprint density at radius 1 is 1.50 bits per heavy atom. The third-order valence-corrected chi connectivity index (χ3v) is 4.09. The predicted molar refractivity (Wildman–Crippen MR) is 62.8 cm³/mol. The van der Waals surface area contributed by atoms with E-state index in [1.54, 1.807) is 11.3 Å². The molecule has 0 atom stereocenters. The third-order valence-electron chi connectivity index (χ3n) is 2.21. The van der Waals surface area contributed by atoms with Crippen LogP contribution in [0.25, 0.3) is 0 Å². The highest BCUT2D eigenvalue weighted by Gasteiger charge is 2.08. The summed E-state index contributed by atoms with van der Waals surface area (Å²) in [5.74, 6) is 0. The van der Waals surface area contributed by atoms with Crippen molar-refractivity contribution in [3.05, 3.63) is 38.3 Å². The lowest BCUT2D eigenvalue weighted by Crippen LogP contribution is -2.02. The zero-order valence-corrected chi connectivity index (χ0v) is 10.5. The summed E-state index contributed by atoms with van der Waals surface area (Å²) in [6, 6.07) is 2.13. The van der Waals surface area contributed by atoms with Gasteiger partial charge in [0.25, 0.3) is 0 Å². The van der Waals surface area contributed by atoms with Crippen molar-refractivity contribution in [3.8, 4) is 0 Å². The molecule has 0 aliphatic carbocycles. The molecule has 0 N–H and O–H groups in total. The molecule has 2 rings (SSSR count). The summed E-state index contributed by atoms with van der Waals surface area (Å²) in [4.78, 5) is 0. The summed E-state index contributed by atoms with van der Waals surface area (Å²) in [5.41, 5.74) is 3.56. The number of nitrogens with zero attached hydrogens (tertiary/aromatic N) is 2. The lowest BCUT2D eigenvalue weighted by Gasteiger charge is -2.01. The summed E-state index contributed by atoms with van der Waals surface area (Å²) in [6.07, 6.45) is 0. The van der Waals surface area contributed by atoms with Gasteiger partial charge in [-0.1, -0.05) is 0 Å². The summed E-state index contributed by atoms with van der Waals surface area (Å²) in [6.45, 7) is 4.96. The van der Waals surface area contributed by atoms with Crippen LogP contribution in [0.1, 0.15) is 17.0 Å². The van der Waals surface area contributed by atoms with E-state index in [1.807, 2.05) is 11.6 Å². The molecule has 4 heteroatoms. The molecule has 2 aromatic heterocycles. The second-order valence-corrected chi connectivity index (χ2v) is 4.85. The Morgan fingerprint density at radius 2 is 2.29 bits per heavy atom. The number of hydrogen-bond donors (Lipinski definition) is 0. The topological polar surface area (TPSA) is 17.8 Å². The number of aromatic nitrogens is 2. The first-order chi connectivity index (χ1) is 6.68. The van der Waals surface area contributed by atoms with Gasteiger partial charge in [-0.25, -0.2) is 0 Å². The second kappa shape index (κ2) is 3.87. The van der Waals surface area contributed by atoms with Crippen molar-refractivity contribution in [2.75, 3.05) is 0 Å². The van der Waals surface area contributed by atoms with Crippen LogP contribution in [0.2, 0.25) is 0 Å². The van der Waals surface area contributed by atoms with Gasteiger partial charge < -0.3 is 0 Å². The van der Waals surface area contributed by atoms with Crippen LogP contribution in [-0.4, -0.2) is 9.78 Å². The first-order valence-electron chi connectivity index (χ1n) is 4.39. The van der Waals surface area contributed by atoms with E-state index in [0.29, 0.717) is 0 Å². The van der Waals surface area contributed by atoms with Gasteiger partial charge >= 0.3 is 0 Å². The van der Waals surface area contributed by atoms with Crippen molar-refractivity contribution < 1.29 is 0 Å². The van der Waals surface area contributed by atoms with Gasteiger partial charge in [-0.15, -0.1) is 0 Å². The Balaban J connectivity index is 2.30. The average molecular weight is 271 g/mol. The van der Waals surface area contributed by atoms with E-state index in [0.717, 1.165) is 16.7 Å². The molecule has 0 saturated carbocycles. The molecule has 14 heavy (non-hydrogen) atoms. The van der Waals surface area contributed by atoms with Crippen molar-refractivity contribution in [1.29, 1.82) is 0 Å². The van der Waals surface area contributed by atoms with Crippen molar-refractivity contribution in [3.63, 3.8) is 0 Å². The molecular formula is C10H11BrN2S. The van der Waals surface area contributed by atoms with Gasteiger partial charge in [0.05, 0.1) is 22.4 Å². The van der Waals surface area contributed by atoms with Crippen LogP contribution in [0.4, 0.5) is 0 Å².